The summed E-state index contributed by atoms with van der Waals surface area (Å²) in [5.74, 6) is 0.356. The minimum absolute atomic E-state index is 0.00220. The van der Waals surface area contributed by atoms with Gasteiger partial charge in [-0.05, 0) is 62.3 Å². The first-order valence-corrected chi connectivity index (χ1v) is 10.5. The molecule has 5 nitrogen and oxygen atoms in total. The molecule has 3 rings (SSSR count). The van der Waals surface area contributed by atoms with E-state index in [2.05, 4.69) is 10.3 Å². The van der Waals surface area contributed by atoms with Crippen molar-refractivity contribution in [3.8, 4) is 0 Å². The molecule has 1 N–H and O–H groups in total. The van der Waals surface area contributed by atoms with Gasteiger partial charge in [0.1, 0.15) is 0 Å². The maximum Gasteiger partial charge on any atom is 0.225 e. The maximum atomic E-state index is 12.8. The summed E-state index contributed by atoms with van der Waals surface area (Å²) in [6.07, 6.45) is 7.53. The first-order chi connectivity index (χ1) is 14.0. The van der Waals surface area contributed by atoms with E-state index in [4.69, 9.17) is 0 Å². The SMILES string of the molecule is CC(NC(=O)C1CCC(C(=O)N(C)CCc2ccncc2)CC1)c1ccccc1. The molecular weight excluding hydrogens is 362 g/mol. The Hall–Kier alpha value is -2.69. The third-order valence-corrected chi connectivity index (χ3v) is 5.97. The van der Waals surface area contributed by atoms with Crippen LogP contribution < -0.4 is 5.32 Å². The lowest BCUT2D eigenvalue weighted by molar-refractivity contribution is -0.137. The van der Waals surface area contributed by atoms with Crippen LogP contribution in [0.4, 0.5) is 0 Å². The molecule has 0 saturated heterocycles. The van der Waals surface area contributed by atoms with Gasteiger partial charge < -0.3 is 10.2 Å². The topological polar surface area (TPSA) is 62.3 Å². The number of likely N-dealkylation sites (N-methyl/N-ethyl adjacent to an activating group) is 1. The third kappa shape index (κ3) is 5.89. The highest BCUT2D eigenvalue weighted by Crippen LogP contribution is 2.30. The Labute approximate surface area is 173 Å². The standard InChI is InChI=1S/C24H31N3O2/c1-18(20-6-4-3-5-7-20)26-23(28)21-8-10-22(11-9-21)24(29)27(2)17-14-19-12-15-25-16-13-19/h3-7,12-13,15-16,18,21-22H,8-11,14,17H2,1-2H3,(H,26,28). The minimum Gasteiger partial charge on any atom is -0.349 e. The average molecular weight is 394 g/mol. The Morgan fingerprint density at radius 2 is 1.66 bits per heavy atom. The zero-order chi connectivity index (χ0) is 20.6. The number of rotatable bonds is 7. The number of benzene rings is 1. The van der Waals surface area contributed by atoms with Crippen molar-refractivity contribution in [3.63, 3.8) is 0 Å². The van der Waals surface area contributed by atoms with Crippen LogP contribution in [0.25, 0.3) is 0 Å². The molecule has 1 saturated carbocycles. The maximum absolute atomic E-state index is 12.8. The summed E-state index contributed by atoms with van der Waals surface area (Å²) in [5, 5.41) is 3.13. The van der Waals surface area contributed by atoms with E-state index in [1.54, 1.807) is 12.4 Å². The van der Waals surface area contributed by atoms with Crippen LogP contribution >= 0.6 is 0 Å². The van der Waals surface area contributed by atoms with Crippen LogP contribution in [0.5, 0.6) is 0 Å². The molecule has 1 fully saturated rings. The number of nitrogens with zero attached hydrogens (tertiary/aromatic N) is 2. The van der Waals surface area contributed by atoms with E-state index in [9.17, 15) is 9.59 Å². The Morgan fingerprint density at radius 3 is 2.31 bits per heavy atom. The molecular formula is C24H31N3O2. The van der Waals surface area contributed by atoms with Gasteiger partial charge in [-0.25, -0.2) is 0 Å². The summed E-state index contributed by atoms with van der Waals surface area (Å²) in [6.45, 7) is 2.72. The largest absolute Gasteiger partial charge is 0.349 e. The molecule has 1 aliphatic rings. The Morgan fingerprint density at radius 1 is 1.03 bits per heavy atom. The van der Waals surface area contributed by atoms with Crippen molar-refractivity contribution in [2.45, 2.75) is 45.1 Å². The van der Waals surface area contributed by atoms with Crippen LogP contribution in [-0.2, 0) is 16.0 Å². The Balaban J connectivity index is 1.43. The molecule has 0 radical (unpaired) electrons. The molecule has 1 unspecified atom stereocenters. The first kappa shape index (κ1) is 21.0. The smallest absolute Gasteiger partial charge is 0.225 e. The van der Waals surface area contributed by atoms with Gasteiger partial charge in [0.25, 0.3) is 0 Å². The second-order valence-corrected chi connectivity index (χ2v) is 8.05. The summed E-state index contributed by atoms with van der Waals surface area (Å²) < 4.78 is 0. The Kier molecular flexibility index (Phi) is 7.39. The van der Waals surface area contributed by atoms with E-state index in [1.807, 2.05) is 61.3 Å². The number of carbonyl (C=O) groups is 2. The van der Waals surface area contributed by atoms with Crippen molar-refractivity contribution >= 4 is 11.8 Å². The Bertz CT molecular complexity index is 786. The molecule has 0 spiro atoms. The van der Waals surface area contributed by atoms with Crippen molar-refractivity contribution in [3.05, 3.63) is 66.0 Å². The molecule has 2 aromatic rings. The van der Waals surface area contributed by atoms with Crippen molar-refractivity contribution < 1.29 is 9.59 Å². The zero-order valence-corrected chi connectivity index (χ0v) is 17.4. The fourth-order valence-corrected chi connectivity index (χ4v) is 4.03. The summed E-state index contributed by atoms with van der Waals surface area (Å²) in [5.41, 5.74) is 2.30. The van der Waals surface area contributed by atoms with Crippen molar-refractivity contribution in [1.82, 2.24) is 15.2 Å². The normalized spacial score (nSPS) is 19.9. The second kappa shape index (κ2) is 10.2. The van der Waals surface area contributed by atoms with Crippen LogP contribution in [0, 0.1) is 11.8 Å². The van der Waals surface area contributed by atoms with Crippen LogP contribution in [0.15, 0.2) is 54.9 Å². The van der Waals surface area contributed by atoms with Gasteiger partial charge in [0.05, 0.1) is 6.04 Å². The van der Waals surface area contributed by atoms with Gasteiger partial charge in [0.15, 0.2) is 0 Å². The second-order valence-electron chi connectivity index (χ2n) is 8.05. The molecule has 1 aromatic heterocycles. The average Bonchev–Trinajstić information content (AvgIpc) is 2.78. The van der Waals surface area contributed by atoms with Crippen LogP contribution in [0.2, 0.25) is 0 Å². The number of carbonyl (C=O) groups excluding carboxylic acids is 2. The van der Waals surface area contributed by atoms with Gasteiger partial charge in [0, 0.05) is 37.8 Å². The van der Waals surface area contributed by atoms with Crippen LogP contribution in [0.1, 0.15) is 49.8 Å². The monoisotopic (exact) mass is 393 g/mol. The molecule has 1 aromatic carbocycles. The van der Waals surface area contributed by atoms with E-state index in [1.165, 1.54) is 5.56 Å². The number of aromatic nitrogens is 1. The predicted molar refractivity (Wildman–Crippen MR) is 114 cm³/mol. The van der Waals surface area contributed by atoms with E-state index in [-0.39, 0.29) is 29.7 Å². The first-order valence-electron chi connectivity index (χ1n) is 10.5. The lowest BCUT2D eigenvalue weighted by Gasteiger charge is -2.30. The van der Waals surface area contributed by atoms with E-state index in [0.717, 1.165) is 37.7 Å². The minimum atomic E-state index is 0.00220. The number of hydrogen-bond acceptors (Lipinski definition) is 3. The van der Waals surface area contributed by atoms with Gasteiger partial charge in [-0.15, -0.1) is 0 Å². The fourth-order valence-electron chi connectivity index (χ4n) is 4.03. The number of pyridine rings is 1. The van der Waals surface area contributed by atoms with Crippen molar-refractivity contribution in [2.75, 3.05) is 13.6 Å². The third-order valence-electron chi connectivity index (χ3n) is 5.97. The summed E-state index contributed by atoms with van der Waals surface area (Å²) in [4.78, 5) is 31.3. The molecule has 1 atom stereocenters. The van der Waals surface area contributed by atoms with Gasteiger partial charge in [0.2, 0.25) is 11.8 Å². The number of amides is 2. The fraction of sp³-hybridized carbons (Fsp3) is 0.458. The molecule has 1 aliphatic carbocycles. The van der Waals surface area contributed by atoms with E-state index < -0.39 is 0 Å². The van der Waals surface area contributed by atoms with Crippen molar-refractivity contribution in [1.29, 1.82) is 0 Å². The lowest BCUT2D eigenvalue weighted by Crippen LogP contribution is -2.39. The lowest BCUT2D eigenvalue weighted by atomic mass is 9.80. The molecule has 0 aliphatic heterocycles. The molecule has 0 bridgehead atoms. The molecule has 1 heterocycles. The number of hydrogen-bond donors (Lipinski definition) is 1. The molecule has 154 valence electrons. The van der Waals surface area contributed by atoms with Gasteiger partial charge in [-0.2, -0.15) is 0 Å². The van der Waals surface area contributed by atoms with Crippen molar-refractivity contribution in [2.24, 2.45) is 11.8 Å². The molecule has 2 amide bonds. The highest BCUT2D eigenvalue weighted by Gasteiger charge is 2.31. The predicted octanol–water partition coefficient (Wildman–Crippen LogP) is 3.77. The highest BCUT2D eigenvalue weighted by molar-refractivity contribution is 5.81. The van der Waals surface area contributed by atoms with Gasteiger partial charge in [-0.3, -0.25) is 14.6 Å². The molecule has 5 heteroatoms. The molecule has 29 heavy (non-hydrogen) atoms. The zero-order valence-electron chi connectivity index (χ0n) is 17.4. The van der Waals surface area contributed by atoms with Crippen LogP contribution in [0.3, 0.4) is 0 Å². The van der Waals surface area contributed by atoms with E-state index in [0.29, 0.717) is 6.54 Å². The number of nitrogens with one attached hydrogen (secondary N) is 1. The summed E-state index contributed by atoms with van der Waals surface area (Å²) >= 11 is 0. The highest BCUT2D eigenvalue weighted by atomic mass is 16.2. The van der Waals surface area contributed by atoms with Crippen LogP contribution in [-0.4, -0.2) is 35.3 Å². The van der Waals surface area contributed by atoms with Gasteiger partial charge >= 0.3 is 0 Å². The quantitative estimate of drug-likeness (QED) is 0.779. The summed E-state index contributed by atoms with van der Waals surface area (Å²) in [6, 6.07) is 14.0. The van der Waals surface area contributed by atoms with E-state index >= 15 is 0 Å². The van der Waals surface area contributed by atoms with Gasteiger partial charge in [-0.1, -0.05) is 30.3 Å². The summed E-state index contributed by atoms with van der Waals surface area (Å²) in [7, 11) is 1.88.